The highest BCUT2D eigenvalue weighted by molar-refractivity contribution is 7.14. The first kappa shape index (κ1) is 15.1. The van der Waals surface area contributed by atoms with Gasteiger partial charge in [-0.15, -0.1) is 11.3 Å². The van der Waals surface area contributed by atoms with Crippen LogP contribution in [0, 0.1) is 17.0 Å². The molecule has 110 valence electrons. The summed E-state index contributed by atoms with van der Waals surface area (Å²) in [6.45, 7) is 3.42. The molecule has 0 aliphatic carbocycles. The van der Waals surface area contributed by atoms with Crippen molar-refractivity contribution in [2.24, 2.45) is 0 Å². The Morgan fingerprint density at radius 1 is 1.38 bits per heavy atom. The molecule has 0 aromatic carbocycles. The van der Waals surface area contributed by atoms with Gasteiger partial charge in [0.15, 0.2) is 6.61 Å². The van der Waals surface area contributed by atoms with Crippen LogP contribution in [0.2, 0.25) is 0 Å². The number of hydrogen-bond donors (Lipinski definition) is 0. The van der Waals surface area contributed by atoms with Crippen molar-refractivity contribution in [1.82, 2.24) is 4.98 Å². The number of nitrogens with zero attached hydrogens (tertiary/aromatic N) is 2. The van der Waals surface area contributed by atoms with Gasteiger partial charge in [-0.1, -0.05) is 6.92 Å². The number of aromatic nitrogens is 1. The first-order valence-electron chi connectivity index (χ1n) is 6.38. The van der Waals surface area contributed by atoms with Crippen LogP contribution in [-0.2, 0) is 6.42 Å². The summed E-state index contributed by atoms with van der Waals surface area (Å²) in [5, 5.41) is 10.9. The zero-order chi connectivity index (χ0) is 15.4. The fraction of sp³-hybridized carbons (Fsp3) is 0.286. The summed E-state index contributed by atoms with van der Waals surface area (Å²) >= 11 is 1.41. The number of carbonyl (C=O) groups excluding carboxylic acids is 1. The number of Topliss-reactive ketones (excluding diaryl/α,β-unsaturated/α-hetero) is 1. The Labute approximate surface area is 125 Å². The summed E-state index contributed by atoms with van der Waals surface area (Å²) < 4.78 is 5.27. The molecular formula is C14H14N2O4S. The molecule has 0 aliphatic rings. The molecule has 0 aliphatic heterocycles. The van der Waals surface area contributed by atoms with E-state index in [2.05, 4.69) is 4.98 Å². The molecule has 7 heteroatoms. The number of ether oxygens (including phenoxy) is 1. The second kappa shape index (κ2) is 6.45. The Balaban J connectivity index is 2.09. The molecule has 0 saturated heterocycles. The van der Waals surface area contributed by atoms with E-state index in [1.54, 1.807) is 19.1 Å². The number of ketones is 1. The van der Waals surface area contributed by atoms with E-state index in [9.17, 15) is 14.9 Å². The third kappa shape index (κ3) is 3.63. The first-order chi connectivity index (χ1) is 10.0. The van der Waals surface area contributed by atoms with Crippen LogP contribution in [0.25, 0.3) is 0 Å². The largest absolute Gasteiger partial charge is 0.477 e. The molecule has 6 nitrogen and oxygen atoms in total. The summed E-state index contributed by atoms with van der Waals surface area (Å²) in [5.41, 5.74) is 0.520. The minimum absolute atomic E-state index is 0.00576. The van der Waals surface area contributed by atoms with Crippen molar-refractivity contribution < 1.29 is 14.5 Å². The molecule has 0 atom stereocenters. The van der Waals surface area contributed by atoms with E-state index >= 15 is 0 Å². The van der Waals surface area contributed by atoms with E-state index in [1.165, 1.54) is 17.4 Å². The molecule has 21 heavy (non-hydrogen) atoms. The van der Waals surface area contributed by atoms with Gasteiger partial charge in [0.25, 0.3) is 0 Å². The molecule has 2 aromatic heterocycles. The highest BCUT2D eigenvalue weighted by Crippen LogP contribution is 2.25. The summed E-state index contributed by atoms with van der Waals surface area (Å²) in [7, 11) is 0. The van der Waals surface area contributed by atoms with Crippen LogP contribution in [0.15, 0.2) is 24.3 Å². The summed E-state index contributed by atoms with van der Waals surface area (Å²) in [5.74, 6) is -0.566. The maximum atomic E-state index is 12.0. The minimum atomic E-state index is -0.618. The van der Waals surface area contributed by atoms with Gasteiger partial charge in [0.1, 0.15) is 5.69 Å². The van der Waals surface area contributed by atoms with Crippen LogP contribution in [0.1, 0.15) is 27.2 Å². The second-order valence-electron chi connectivity index (χ2n) is 4.36. The number of nitro groups is 1. The smallest absolute Gasteiger partial charge is 0.406 e. The third-order valence-corrected chi connectivity index (χ3v) is 4.07. The molecule has 0 spiro atoms. The molecule has 0 fully saturated rings. The molecule has 2 heterocycles. The molecule has 2 aromatic rings. The monoisotopic (exact) mass is 306 g/mol. The van der Waals surface area contributed by atoms with E-state index in [0.717, 1.165) is 11.3 Å². The predicted molar refractivity (Wildman–Crippen MR) is 79.2 cm³/mol. The van der Waals surface area contributed by atoms with Crippen LogP contribution >= 0.6 is 11.3 Å². The van der Waals surface area contributed by atoms with Gasteiger partial charge in [-0.25, -0.2) is 0 Å². The number of hydrogen-bond acceptors (Lipinski definition) is 6. The van der Waals surface area contributed by atoms with Crippen LogP contribution in [-0.4, -0.2) is 22.3 Å². The topological polar surface area (TPSA) is 82.3 Å². The lowest BCUT2D eigenvalue weighted by atomic mass is 10.3. The number of carbonyl (C=O) groups is 1. The number of thiophene rings is 1. The third-order valence-electron chi connectivity index (χ3n) is 2.80. The van der Waals surface area contributed by atoms with Crippen molar-refractivity contribution in [3.8, 4) is 5.75 Å². The first-order valence-corrected chi connectivity index (χ1v) is 7.19. The fourth-order valence-corrected chi connectivity index (χ4v) is 2.58. The Morgan fingerprint density at radius 3 is 2.76 bits per heavy atom. The van der Waals surface area contributed by atoms with Gasteiger partial charge in [-0.05, 0) is 40.6 Å². The Hall–Kier alpha value is -2.28. The molecule has 0 amide bonds. The molecule has 0 bridgehead atoms. The second-order valence-corrected chi connectivity index (χ2v) is 5.53. The molecule has 2 rings (SSSR count). The zero-order valence-electron chi connectivity index (χ0n) is 11.7. The number of aryl methyl sites for hydroxylation is 2. The average Bonchev–Trinajstić information content (AvgIpc) is 2.94. The van der Waals surface area contributed by atoms with E-state index in [-0.39, 0.29) is 24.0 Å². The van der Waals surface area contributed by atoms with Gasteiger partial charge in [0, 0.05) is 11.8 Å². The lowest BCUT2D eigenvalue weighted by Gasteiger charge is -2.05. The number of rotatable bonds is 6. The van der Waals surface area contributed by atoms with Gasteiger partial charge in [0.2, 0.25) is 11.5 Å². The van der Waals surface area contributed by atoms with Crippen molar-refractivity contribution >= 4 is 22.9 Å². The van der Waals surface area contributed by atoms with Crippen LogP contribution in [0.4, 0.5) is 5.82 Å². The zero-order valence-corrected chi connectivity index (χ0v) is 12.5. The van der Waals surface area contributed by atoms with Crippen molar-refractivity contribution in [1.29, 1.82) is 0 Å². The Bertz CT molecular complexity index is 681. The maximum absolute atomic E-state index is 12.0. The molecular weight excluding hydrogens is 292 g/mol. The van der Waals surface area contributed by atoms with Gasteiger partial charge in [0.05, 0.1) is 4.88 Å². The standard InChI is InChI=1S/C14H14N2O4S/c1-3-10-5-7-13(21-10)11(17)8-20-12-6-4-9(2)15-14(12)16(18)19/h4-7H,3,8H2,1-2H3. The van der Waals surface area contributed by atoms with E-state index < -0.39 is 4.92 Å². The van der Waals surface area contributed by atoms with Gasteiger partial charge in [-0.2, -0.15) is 0 Å². The molecule has 0 unspecified atom stereocenters. The highest BCUT2D eigenvalue weighted by atomic mass is 32.1. The molecule has 0 saturated carbocycles. The lowest BCUT2D eigenvalue weighted by molar-refractivity contribution is -0.390. The van der Waals surface area contributed by atoms with Gasteiger partial charge in [-0.3, -0.25) is 4.79 Å². The van der Waals surface area contributed by atoms with Gasteiger partial charge < -0.3 is 14.9 Å². The van der Waals surface area contributed by atoms with Crippen molar-refractivity contribution in [3.63, 3.8) is 0 Å². The van der Waals surface area contributed by atoms with Crippen LogP contribution < -0.4 is 4.74 Å². The maximum Gasteiger partial charge on any atom is 0.406 e. The quantitative estimate of drug-likeness (QED) is 0.465. The van der Waals surface area contributed by atoms with Crippen LogP contribution in [0.3, 0.4) is 0 Å². The van der Waals surface area contributed by atoms with Gasteiger partial charge >= 0.3 is 5.82 Å². The van der Waals surface area contributed by atoms with E-state index in [1.807, 2.05) is 13.0 Å². The molecule has 0 N–H and O–H groups in total. The van der Waals surface area contributed by atoms with E-state index in [4.69, 9.17) is 4.74 Å². The summed E-state index contributed by atoms with van der Waals surface area (Å²) in [6.07, 6.45) is 0.867. The van der Waals surface area contributed by atoms with Crippen LogP contribution in [0.5, 0.6) is 5.75 Å². The van der Waals surface area contributed by atoms with Crippen molar-refractivity contribution in [2.45, 2.75) is 20.3 Å². The van der Waals surface area contributed by atoms with Crippen molar-refractivity contribution in [3.05, 3.63) is 49.8 Å². The normalized spacial score (nSPS) is 10.4. The average molecular weight is 306 g/mol. The Morgan fingerprint density at radius 2 is 2.14 bits per heavy atom. The number of pyridine rings is 1. The Kier molecular flexibility index (Phi) is 4.64. The minimum Gasteiger partial charge on any atom is -0.477 e. The van der Waals surface area contributed by atoms with Crippen molar-refractivity contribution in [2.75, 3.05) is 6.61 Å². The molecule has 0 radical (unpaired) electrons. The lowest BCUT2D eigenvalue weighted by Crippen LogP contribution is -2.11. The van der Waals surface area contributed by atoms with E-state index in [0.29, 0.717) is 10.6 Å². The fourth-order valence-electron chi connectivity index (χ4n) is 1.71. The highest BCUT2D eigenvalue weighted by Gasteiger charge is 2.19. The SMILES string of the molecule is CCc1ccc(C(=O)COc2ccc(C)nc2[N+](=O)[O-])s1. The summed E-state index contributed by atoms with van der Waals surface area (Å²) in [4.78, 5) is 27.8. The summed E-state index contributed by atoms with van der Waals surface area (Å²) in [6, 6.07) is 6.71. The predicted octanol–water partition coefficient (Wildman–Crippen LogP) is 3.18.